The van der Waals surface area contributed by atoms with Crippen molar-refractivity contribution < 1.29 is 0 Å². The third kappa shape index (κ3) is 3.97. The summed E-state index contributed by atoms with van der Waals surface area (Å²) in [6.07, 6.45) is 8.99. The lowest BCUT2D eigenvalue weighted by Gasteiger charge is -2.17. The fourth-order valence-electron chi connectivity index (χ4n) is 3.09. The minimum absolute atomic E-state index is 0.542. The quantitative estimate of drug-likeness (QED) is 0.724. The Balaban J connectivity index is 1.69. The van der Waals surface area contributed by atoms with Gasteiger partial charge in [-0.25, -0.2) is 0 Å². The largest absolute Gasteiger partial charge is 0.309 e. The van der Waals surface area contributed by atoms with Crippen molar-refractivity contribution in [3.05, 3.63) is 43.8 Å². The van der Waals surface area contributed by atoms with Gasteiger partial charge < -0.3 is 5.32 Å². The number of hydrogen-bond acceptors (Lipinski definition) is 3. The average molecular weight is 320 g/mol. The molecule has 21 heavy (non-hydrogen) atoms. The first-order chi connectivity index (χ1) is 10.4. The molecule has 0 amide bonds. The van der Waals surface area contributed by atoms with Gasteiger partial charge in [0, 0.05) is 15.8 Å². The Hall–Kier alpha value is -0.640. The van der Waals surface area contributed by atoms with Crippen molar-refractivity contribution in [1.29, 1.82) is 0 Å². The number of fused-ring (bicyclic) bond motifs is 1. The second kappa shape index (κ2) is 7.57. The van der Waals surface area contributed by atoms with Crippen molar-refractivity contribution >= 4 is 22.7 Å². The van der Waals surface area contributed by atoms with E-state index in [4.69, 9.17) is 0 Å². The topological polar surface area (TPSA) is 12.0 Å². The van der Waals surface area contributed by atoms with E-state index in [1.54, 1.807) is 15.3 Å². The molecule has 0 radical (unpaired) electrons. The van der Waals surface area contributed by atoms with Gasteiger partial charge in [-0.2, -0.15) is 11.3 Å². The van der Waals surface area contributed by atoms with Gasteiger partial charge in [-0.3, -0.25) is 0 Å². The van der Waals surface area contributed by atoms with Gasteiger partial charge in [0.25, 0.3) is 0 Å². The van der Waals surface area contributed by atoms with Crippen LogP contribution in [0.5, 0.6) is 0 Å². The molecule has 1 unspecified atom stereocenters. The van der Waals surface area contributed by atoms with Crippen LogP contribution in [0.4, 0.5) is 0 Å². The molecule has 0 saturated carbocycles. The van der Waals surface area contributed by atoms with E-state index in [0.717, 1.165) is 6.54 Å². The fourth-order valence-corrected chi connectivity index (χ4v) is 5.17. The maximum absolute atomic E-state index is 3.77. The van der Waals surface area contributed by atoms with Crippen LogP contribution < -0.4 is 5.32 Å². The van der Waals surface area contributed by atoms with E-state index in [1.807, 2.05) is 11.3 Å². The van der Waals surface area contributed by atoms with Crippen LogP contribution in [0.1, 0.15) is 59.5 Å². The van der Waals surface area contributed by atoms with Crippen LogP contribution in [0.15, 0.2) is 22.9 Å². The van der Waals surface area contributed by atoms with E-state index in [-0.39, 0.29) is 0 Å². The van der Waals surface area contributed by atoms with Crippen LogP contribution in [0.25, 0.3) is 0 Å². The highest BCUT2D eigenvalue weighted by molar-refractivity contribution is 7.12. The third-order valence-electron chi connectivity index (χ3n) is 4.30. The summed E-state index contributed by atoms with van der Waals surface area (Å²) in [6, 6.07) is 5.31. The van der Waals surface area contributed by atoms with E-state index < -0.39 is 0 Å². The van der Waals surface area contributed by atoms with E-state index in [2.05, 4.69) is 46.5 Å². The number of rotatable bonds is 7. The van der Waals surface area contributed by atoms with E-state index in [9.17, 15) is 0 Å². The monoisotopic (exact) mass is 319 g/mol. The predicted octanol–water partition coefficient (Wildman–Crippen LogP) is 5.36. The molecule has 0 aliphatic heterocycles. The standard InChI is InChI=1S/C18H25NS2/c1-2-10-19-16(8-7-14-9-11-20-13-14)18-12-15-5-3-4-6-17(15)21-18/h9,11-13,16,19H,2-8,10H2,1H3. The van der Waals surface area contributed by atoms with Crippen molar-refractivity contribution in [2.24, 2.45) is 0 Å². The highest BCUT2D eigenvalue weighted by atomic mass is 32.1. The summed E-state index contributed by atoms with van der Waals surface area (Å²) in [7, 11) is 0. The maximum atomic E-state index is 3.77. The van der Waals surface area contributed by atoms with Gasteiger partial charge in [0.1, 0.15) is 0 Å². The summed E-state index contributed by atoms with van der Waals surface area (Å²) in [4.78, 5) is 3.24. The summed E-state index contributed by atoms with van der Waals surface area (Å²) in [6.45, 7) is 3.37. The van der Waals surface area contributed by atoms with Crippen LogP contribution in [0, 0.1) is 0 Å². The molecule has 0 aromatic carbocycles. The van der Waals surface area contributed by atoms with Gasteiger partial charge in [-0.15, -0.1) is 11.3 Å². The minimum atomic E-state index is 0.542. The lowest BCUT2D eigenvalue weighted by Crippen LogP contribution is -2.21. The zero-order valence-corrected chi connectivity index (χ0v) is 14.5. The molecule has 3 heteroatoms. The van der Waals surface area contributed by atoms with Crippen LogP contribution in [-0.2, 0) is 19.3 Å². The summed E-state index contributed by atoms with van der Waals surface area (Å²) < 4.78 is 0. The average Bonchev–Trinajstić information content (AvgIpc) is 3.16. The maximum Gasteiger partial charge on any atom is 0.0418 e. The molecule has 1 nitrogen and oxygen atoms in total. The zero-order valence-electron chi connectivity index (χ0n) is 12.9. The number of hydrogen-bond donors (Lipinski definition) is 1. The lowest BCUT2D eigenvalue weighted by molar-refractivity contribution is 0.506. The van der Waals surface area contributed by atoms with Gasteiger partial charge in [0.05, 0.1) is 0 Å². The number of thiophene rings is 2. The normalized spacial score (nSPS) is 15.9. The minimum Gasteiger partial charge on any atom is -0.309 e. The van der Waals surface area contributed by atoms with Gasteiger partial charge >= 0.3 is 0 Å². The number of nitrogens with one attached hydrogen (secondary N) is 1. The summed E-state index contributed by atoms with van der Waals surface area (Å²) >= 11 is 3.88. The van der Waals surface area contributed by atoms with Crippen LogP contribution in [0.2, 0.25) is 0 Å². The molecule has 114 valence electrons. The molecule has 0 spiro atoms. The summed E-state index contributed by atoms with van der Waals surface area (Å²) in [5, 5.41) is 8.25. The van der Waals surface area contributed by atoms with Gasteiger partial charge in [0.2, 0.25) is 0 Å². The summed E-state index contributed by atoms with van der Waals surface area (Å²) in [5.41, 5.74) is 3.13. The molecule has 1 N–H and O–H groups in total. The third-order valence-corrected chi connectivity index (χ3v) is 6.38. The first kappa shape index (κ1) is 15.3. The molecule has 2 aromatic heterocycles. The van der Waals surface area contributed by atoms with Crippen molar-refractivity contribution in [3.8, 4) is 0 Å². The Morgan fingerprint density at radius 2 is 2.19 bits per heavy atom. The first-order valence-corrected chi connectivity index (χ1v) is 9.98. The van der Waals surface area contributed by atoms with Gasteiger partial charge in [-0.1, -0.05) is 6.92 Å². The Bertz CT molecular complexity index is 518. The molecule has 0 fully saturated rings. The SMILES string of the molecule is CCCNC(CCc1ccsc1)c1cc2c(s1)CCCC2. The fraction of sp³-hybridized carbons (Fsp3) is 0.556. The lowest BCUT2D eigenvalue weighted by atomic mass is 9.98. The number of aryl methyl sites for hydroxylation is 3. The summed E-state index contributed by atoms with van der Waals surface area (Å²) in [5.74, 6) is 0. The highest BCUT2D eigenvalue weighted by Gasteiger charge is 2.18. The molecule has 1 aliphatic carbocycles. The van der Waals surface area contributed by atoms with Crippen molar-refractivity contribution in [2.45, 2.75) is 57.9 Å². The highest BCUT2D eigenvalue weighted by Crippen LogP contribution is 2.34. The molecule has 1 aliphatic rings. The molecule has 0 saturated heterocycles. The van der Waals surface area contributed by atoms with Crippen LogP contribution in [0.3, 0.4) is 0 Å². The van der Waals surface area contributed by atoms with E-state index >= 15 is 0 Å². The second-order valence-electron chi connectivity index (χ2n) is 5.98. The Labute approximate surface area is 136 Å². The Morgan fingerprint density at radius 1 is 1.29 bits per heavy atom. The van der Waals surface area contributed by atoms with E-state index in [1.165, 1.54) is 50.5 Å². The molecular weight excluding hydrogens is 294 g/mol. The van der Waals surface area contributed by atoms with Crippen LogP contribution >= 0.6 is 22.7 Å². The van der Waals surface area contributed by atoms with E-state index in [0.29, 0.717) is 6.04 Å². The van der Waals surface area contributed by atoms with Gasteiger partial charge in [0.15, 0.2) is 0 Å². The van der Waals surface area contributed by atoms with Crippen molar-refractivity contribution in [2.75, 3.05) is 6.54 Å². The molecule has 3 rings (SSSR count). The predicted molar refractivity (Wildman–Crippen MR) is 94.6 cm³/mol. The zero-order chi connectivity index (χ0) is 14.5. The molecule has 1 atom stereocenters. The van der Waals surface area contributed by atoms with Gasteiger partial charge in [-0.05, 0) is 85.5 Å². The second-order valence-corrected chi connectivity index (χ2v) is 7.93. The molecule has 2 heterocycles. The van der Waals surface area contributed by atoms with Crippen LogP contribution in [-0.4, -0.2) is 6.54 Å². The van der Waals surface area contributed by atoms with Crippen molar-refractivity contribution in [3.63, 3.8) is 0 Å². The Kier molecular flexibility index (Phi) is 5.50. The smallest absolute Gasteiger partial charge is 0.0418 e. The first-order valence-electron chi connectivity index (χ1n) is 8.22. The Morgan fingerprint density at radius 3 is 2.95 bits per heavy atom. The molecule has 2 aromatic rings. The molecular formula is C18H25NS2. The molecule has 0 bridgehead atoms. The van der Waals surface area contributed by atoms with Crippen molar-refractivity contribution in [1.82, 2.24) is 5.32 Å².